The molecule has 0 saturated carbocycles. The Morgan fingerprint density at radius 3 is 2.71 bits per heavy atom. The Bertz CT molecular complexity index is 443. The number of hydrogen-bond acceptors (Lipinski definition) is 3. The van der Waals surface area contributed by atoms with Crippen LogP contribution >= 0.6 is 0 Å². The van der Waals surface area contributed by atoms with Crippen molar-refractivity contribution in [2.45, 2.75) is 47.1 Å². The molecule has 0 radical (unpaired) electrons. The summed E-state index contributed by atoms with van der Waals surface area (Å²) in [6.07, 6.45) is 3.22. The SMILES string of the molecule is CCc1c(NC(=O)NCC(C)CCO)cnn1CC(C)C. The normalized spacial score (nSPS) is 12.5. The molecule has 6 nitrogen and oxygen atoms in total. The summed E-state index contributed by atoms with van der Waals surface area (Å²) in [4.78, 5) is 11.9. The van der Waals surface area contributed by atoms with Gasteiger partial charge in [-0.3, -0.25) is 4.68 Å². The number of nitrogens with one attached hydrogen (secondary N) is 2. The van der Waals surface area contributed by atoms with Crippen LogP contribution in [0.4, 0.5) is 10.5 Å². The van der Waals surface area contributed by atoms with Gasteiger partial charge in [0.1, 0.15) is 0 Å². The molecule has 0 aliphatic rings. The number of nitrogens with zero attached hydrogens (tertiary/aromatic N) is 2. The van der Waals surface area contributed by atoms with Crippen molar-refractivity contribution >= 4 is 11.7 Å². The van der Waals surface area contributed by atoms with Crippen LogP contribution in [0, 0.1) is 11.8 Å². The molecule has 0 aliphatic heterocycles. The minimum atomic E-state index is -0.224. The Hall–Kier alpha value is -1.56. The summed E-state index contributed by atoms with van der Waals surface area (Å²) in [6.45, 7) is 9.88. The predicted octanol–water partition coefficient (Wildman–Crippen LogP) is 2.24. The number of aliphatic hydroxyl groups is 1. The van der Waals surface area contributed by atoms with Gasteiger partial charge < -0.3 is 15.7 Å². The molecule has 1 aromatic rings. The largest absolute Gasteiger partial charge is 0.396 e. The van der Waals surface area contributed by atoms with Gasteiger partial charge in [0.25, 0.3) is 0 Å². The maximum absolute atomic E-state index is 11.9. The fourth-order valence-electron chi connectivity index (χ4n) is 2.15. The summed E-state index contributed by atoms with van der Waals surface area (Å²) in [7, 11) is 0. The molecule has 3 N–H and O–H groups in total. The van der Waals surface area contributed by atoms with E-state index in [0.717, 1.165) is 24.3 Å². The molecule has 1 aromatic heterocycles. The molecule has 1 atom stereocenters. The summed E-state index contributed by atoms with van der Waals surface area (Å²) in [6, 6.07) is -0.224. The second-order valence-corrected chi connectivity index (χ2v) is 5.89. The summed E-state index contributed by atoms with van der Waals surface area (Å²) in [5.74, 6) is 0.770. The second-order valence-electron chi connectivity index (χ2n) is 5.89. The zero-order chi connectivity index (χ0) is 15.8. The number of hydrogen-bond donors (Lipinski definition) is 3. The summed E-state index contributed by atoms with van der Waals surface area (Å²) in [5, 5.41) is 18.9. The van der Waals surface area contributed by atoms with Gasteiger partial charge in [-0.15, -0.1) is 0 Å². The molecule has 1 rings (SSSR count). The van der Waals surface area contributed by atoms with Crippen molar-refractivity contribution in [1.82, 2.24) is 15.1 Å². The number of urea groups is 1. The van der Waals surface area contributed by atoms with Crippen LogP contribution < -0.4 is 10.6 Å². The van der Waals surface area contributed by atoms with Crippen LogP contribution in [0.3, 0.4) is 0 Å². The highest BCUT2D eigenvalue weighted by Gasteiger charge is 2.13. The molecule has 0 spiro atoms. The van der Waals surface area contributed by atoms with Gasteiger partial charge in [0, 0.05) is 19.7 Å². The molecular formula is C15H28N4O2. The van der Waals surface area contributed by atoms with Gasteiger partial charge in [-0.1, -0.05) is 27.7 Å². The van der Waals surface area contributed by atoms with E-state index in [4.69, 9.17) is 5.11 Å². The van der Waals surface area contributed by atoms with Crippen LogP contribution in [0.2, 0.25) is 0 Å². The van der Waals surface area contributed by atoms with E-state index in [1.807, 2.05) is 11.6 Å². The fourth-order valence-corrected chi connectivity index (χ4v) is 2.15. The topological polar surface area (TPSA) is 79.2 Å². The second kappa shape index (κ2) is 8.67. The van der Waals surface area contributed by atoms with Crippen molar-refractivity contribution in [3.8, 4) is 0 Å². The monoisotopic (exact) mass is 296 g/mol. The third kappa shape index (κ3) is 5.75. The van der Waals surface area contributed by atoms with E-state index in [-0.39, 0.29) is 18.6 Å². The number of aromatic nitrogens is 2. The van der Waals surface area contributed by atoms with Gasteiger partial charge in [-0.05, 0) is 24.7 Å². The quantitative estimate of drug-likeness (QED) is 0.688. The van der Waals surface area contributed by atoms with E-state index in [9.17, 15) is 4.79 Å². The molecule has 0 aromatic carbocycles. The smallest absolute Gasteiger partial charge is 0.319 e. The van der Waals surface area contributed by atoms with E-state index in [1.54, 1.807) is 6.20 Å². The summed E-state index contributed by atoms with van der Waals surface area (Å²) >= 11 is 0. The molecule has 120 valence electrons. The zero-order valence-corrected chi connectivity index (χ0v) is 13.5. The van der Waals surface area contributed by atoms with Crippen molar-refractivity contribution in [2.75, 3.05) is 18.5 Å². The Labute approximate surface area is 126 Å². The van der Waals surface area contributed by atoms with Crippen molar-refractivity contribution in [3.05, 3.63) is 11.9 Å². The zero-order valence-electron chi connectivity index (χ0n) is 13.5. The van der Waals surface area contributed by atoms with Crippen LogP contribution in [0.1, 0.15) is 39.8 Å². The Morgan fingerprint density at radius 1 is 1.43 bits per heavy atom. The molecule has 0 bridgehead atoms. The maximum atomic E-state index is 11.9. The lowest BCUT2D eigenvalue weighted by molar-refractivity contribution is 0.243. The average molecular weight is 296 g/mol. The molecule has 21 heavy (non-hydrogen) atoms. The van der Waals surface area contributed by atoms with Crippen molar-refractivity contribution in [1.29, 1.82) is 0 Å². The van der Waals surface area contributed by atoms with Crippen molar-refractivity contribution in [3.63, 3.8) is 0 Å². The van der Waals surface area contributed by atoms with Crippen LogP contribution in [0.15, 0.2) is 6.20 Å². The van der Waals surface area contributed by atoms with Crippen LogP contribution in [0.25, 0.3) is 0 Å². The van der Waals surface area contributed by atoms with Gasteiger partial charge >= 0.3 is 6.03 Å². The number of rotatable bonds is 8. The Balaban J connectivity index is 2.57. The fraction of sp³-hybridized carbons (Fsp3) is 0.733. The van der Waals surface area contributed by atoms with E-state index < -0.39 is 0 Å². The number of carbonyl (C=O) groups excluding carboxylic acids is 1. The maximum Gasteiger partial charge on any atom is 0.319 e. The highest BCUT2D eigenvalue weighted by atomic mass is 16.3. The molecule has 0 fully saturated rings. The molecule has 0 saturated heterocycles. The Kier molecular flexibility index (Phi) is 7.22. The van der Waals surface area contributed by atoms with Gasteiger partial charge in [0.2, 0.25) is 0 Å². The van der Waals surface area contributed by atoms with Gasteiger partial charge in [-0.25, -0.2) is 4.79 Å². The summed E-state index contributed by atoms with van der Waals surface area (Å²) in [5.41, 5.74) is 1.81. The van der Waals surface area contributed by atoms with E-state index in [1.165, 1.54) is 0 Å². The Morgan fingerprint density at radius 2 is 2.14 bits per heavy atom. The molecule has 2 amide bonds. The lowest BCUT2D eigenvalue weighted by atomic mass is 10.1. The van der Waals surface area contributed by atoms with Crippen LogP contribution in [0.5, 0.6) is 0 Å². The first-order valence-electron chi connectivity index (χ1n) is 7.68. The van der Waals surface area contributed by atoms with Gasteiger partial charge in [0.15, 0.2) is 0 Å². The first kappa shape index (κ1) is 17.5. The highest BCUT2D eigenvalue weighted by Crippen LogP contribution is 2.17. The number of carbonyl (C=O) groups is 1. The van der Waals surface area contributed by atoms with Gasteiger partial charge in [0.05, 0.1) is 17.6 Å². The van der Waals surface area contributed by atoms with Crippen LogP contribution in [-0.2, 0) is 13.0 Å². The molecule has 6 heteroatoms. The lowest BCUT2D eigenvalue weighted by Crippen LogP contribution is -2.32. The number of aliphatic hydroxyl groups excluding tert-OH is 1. The van der Waals surface area contributed by atoms with E-state index in [2.05, 4.69) is 36.5 Å². The molecular weight excluding hydrogens is 268 g/mol. The number of anilines is 1. The van der Waals surface area contributed by atoms with Crippen molar-refractivity contribution < 1.29 is 9.90 Å². The third-order valence-corrected chi connectivity index (χ3v) is 3.30. The predicted molar refractivity (Wildman–Crippen MR) is 84.3 cm³/mol. The average Bonchev–Trinajstić information content (AvgIpc) is 2.78. The first-order valence-corrected chi connectivity index (χ1v) is 7.68. The minimum absolute atomic E-state index is 0.145. The van der Waals surface area contributed by atoms with Crippen molar-refractivity contribution in [2.24, 2.45) is 11.8 Å². The summed E-state index contributed by atoms with van der Waals surface area (Å²) < 4.78 is 1.95. The van der Waals surface area contributed by atoms with Gasteiger partial charge in [-0.2, -0.15) is 5.10 Å². The third-order valence-electron chi connectivity index (χ3n) is 3.30. The molecule has 1 heterocycles. The first-order chi connectivity index (χ1) is 9.97. The number of amides is 2. The standard InChI is InChI=1S/C15H28N4O2/c1-5-14-13(9-17-19(14)10-11(2)3)18-15(21)16-8-12(4)6-7-20/h9,11-12,20H,5-8,10H2,1-4H3,(H2,16,18,21). The lowest BCUT2D eigenvalue weighted by Gasteiger charge is -2.13. The van der Waals surface area contributed by atoms with E-state index in [0.29, 0.717) is 18.9 Å². The molecule has 0 aliphatic carbocycles. The van der Waals surface area contributed by atoms with Crippen LogP contribution in [-0.4, -0.2) is 34.1 Å². The minimum Gasteiger partial charge on any atom is -0.396 e. The van der Waals surface area contributed by atoms with E-state index >= 15 is 0 Å². The highest BCUT2D eigenvalue weighted by molar-refractivity contribution is 5.89. The molecule has 1 unspecified atom stereocenters.